The van der Waals surface area contributed by atoms with E-state index in [0.29, 0.717) is 12.3 Å². The number of thiocarbonyl (C=S) groups is 1. The standard InChI is InChI=1S/C14H27N3OS/c1-4-14(3,12(15)19)13(18)16-10-11-6-8-17(5-2)9-7-11/h11H,4-10H2,1-3H3,(H2,15,19)(H,16,18). The zero-order chi connectivity index (χ0) is 14.5. The molecule has 1 unspecified atom stereocenters. The van der Waals surface area contributed by atoms with E-state index >= 15 is 0 Å². The normalized spacial score (nSPS) is 20.8. The van der Waals surface area contributed by atoms with Gasteiger partial charge in [-0.25, -0.2) is 0 Å². The van der Waals surface area contributed by atoms with Crippen LogP contribution >= 0.6 is 12.2 Å². The molecule has 1 saturated heterocycles. The van der Waals surface area contributed by atoms with Gasteiger partial charge in [-0.1, -0.05) is 26.1 Å². The van der Waals surface area contributed by atoms with Gasteiger partial charge >= 0.3 is 0 Å². The first-order chi connectivity index (χ1) is 8.93. The predicted molar refractivity (Wildman–Crippen MR) is 83.0 cm³/mol. The van der Waals surface area contributed by atoms with Crippen molar-refractivity contribution >= 4 is 23.1 Å². The summed E-state index contributed by atoms with van der Waals surface area (Å²) in [5.41, 5.74) is 4.98. The number of likely N-dealkylation sites (tertiary alicyclic amines) is 1. The van der Waals surface area contributed by atoms with Crippen LogP contribution in [-0.2, 0) is 4.79 Å². The van der Waals surface area contributed by atoms with Crippen LogP contribution in [-0.4, -0.2) is 42.0 Å². The van der Waals surface area contributed by atoms with Crippen molar-refractivity contribution in [3.8, 4) is 0 Å². The lowest BCUT2D eigenvalue weighted by atomic mass is 9.86. The number of amides is 1. The van der Waals surface area contributed by atoms with Crippen LogP contribution in [0.2, 0.25) is 0 Å². The highest BCUT2D eigenvalue weighted by Crippen LogP contribution is 2.22. The second-order valence-corrected chi connectivity index (χ2v) is 6.08. The third-order valence-electron chi connectivity index (χ3n) is 4.46. The molecule has 0 aromatic rings. The molecule has 1 heterocycles. The molecule has 4 nitrogen and oxygen atoms in total. The molecule has 1 rings (SSSR count). The van der Waals surface area contributed by atoms with Crippen LogP contribution in [0.1, 0.15) is 40.0 Å². The number of nitrogens with zero attached hydrogens (tertiary/aromatic N) is 1. The average Bonchev–Trinajstić information content (AvgIpc) is 2.44. The number of nitrogens with one attached hydrogen (secondary N) is 1. The van der Waals surface area contributed by atoms with Gasteiger partial charge in [-0.2, -0.15) is 0 Å². The van der Waals surface area contributed by atoms with Crippen molar-refractivity contribution in [2.24, 2.45) is 17.1 Å². The topological polar surface area (TPSA) is 58.4 Å². The molecule has 0 aromatic heterocycles. The Labute approximate surface area is 122 Å². The van der Waals surface area contributed by atoms with E-state index in [2.05, 4.69) is 17.1 Å². The van der Waals surface area contributed by atoms with Crippen LogP contribution in [0.15, 0.2) is 0 Å². The molecule has 5 heteroatoms. The van der Waals surface area contributed by atoms with E-state index in [1.54, 1.807) is 0 Å². The highest BCUT2D eigenvalue weighted by atomic mass is 32.1. The minimum Gasteiger partial charge on any atom is -0.392 e. The summed E-state index contributed by atoms with van der Waals surface area (Å²) in [6, 6.07) is 0. The molecule has 1 aliphatic heterocycles. The predicted octanol–water partition coefficient (Wildman–Crippen LogP) is 1.54. The fourth-order valence-corrected chi connectivity index (χ4v) is 2.62. The van der Waals surface area contributed by atoms with Crippen molar-refractivity contribution < 1.29 is 4.79 Å². The summed E-state index contributed by atoms with van der Waals surface area (Å²) in [6.07, 6.45) is 2.95. The zero-order valence-electron chi connectivity index (χ0n) is 12.4. The molecule has 0 spiro atoms. The van der Waals surface area contributed by atoms with Crippen LogP contribution in [0.4, 0.5) is 0 Å². The average molecular weight is 285 g/mol. The minimum atomic E-state index is -0.709. The number of rotatable bonds is 6. The highest BCUT2D eigenvalue weighted by Gasteiger charge is 2.34. The summed E-state index contributed by atoms with van der Waals surface area (Å²) in [4.78, 5) is 14.9. The van der Waals surface area contributed by atoms with Crippen LogP contribution in [0.5, 0.6) is 0 Å². The maximum Gasteiger partial charge on any atom is 0.232 e. The Balaban J connectivity index is 2.40. The van der Waals surface area contributed by atoms with Crippen LogP contribution in [0, 0.1) is 11.3 Å². The number of piperidine rings is 1. The molecular weight excluding hydrogens is 258 g/mol. The summed E-state index contributed by atoms with van der Waals surface area (Å²) in [5, 5.41) is 3.03. The minimum absolute atomic E-state index is 0.0274. The van der Waals surface area contributed by atoms with Gasteiger partial charge < -0.3 is 16.0 Å². The second-order valence-electron chi connectivity index (χ2n) is 5.64. The molecule has 0 bridgehead atoms. The molecule has 0 aromatic carbocycles. The molecule has 0 aliphatic carbocycles. The Morgan fingerprint density at radius 2 is 2.00 bits per heavy atom. The Kier molecular flexibility index (Phi) is 6.20. The van der Waals surface area contributed by atoms with E-state index < -0.39 is 5.41 Å². The van der Waals surface area contributed by atoms with E-state index in [-0.39, 0.29) is 10.9 Å². The third-order valence-corrected chi connectivity index (χ3v) is 4.91. The Morgan fingerprint density at radius 3 is 2.42 bits per heavy atom. The van der Waals surface area contributed by atoms with Crippen molar-refractivity contribution in [1.29, 1.82) is 0 Å². The van der Waals surface area contributed by atoms with Gasteiger partial charge in [0.15, 0.2) is 0 Å². The first-order valence-corrected chi connectivity index (χ1v) is 7.65. The first-order valence-electron chi connectivity index (χ1n) is 7.24. The Hall–Kier alpha value is -0.680. The fourth-order valence-electron chi connectivity index (χ4n) is 2.39. The SMILES string of the molecule is CCN1CCC(CNC(=O)C(C)(CC)C(N)=S)CC1. The molecule has 3 N–H and O–H groups in total. The van der Waals surface area contributed by atoms with Gasteiger partial charge in [0.25, 0.3) is 0 Å². The molecule has 1 aliphatic rings. The number of hydrogen-bond acceptors (Lipinski definition) is 3. The van der Waals surface area contributed by atoms with E-state index in [1.165, 1.54) is 0 Å². The van der Waals surface area contributed by atoms with Crippen LogP contribution in [0.3, 0.4) is 0 Å². The van der Waals surface area contributed by atoms with Gasteiger partial charge in [0.2, 0.25) is 5.91 Å². The quantitative estimate of drug-likeness (QED) is 0.727. The van der Waals surface area contributed by atoms with Gasteiger partial charge in [-0.3, -0.25) is 4.79 Å². The lowest BCUT2D eigenvalue weighted by Crippen LogP contribution is -2.48. The van der Waals surface area contributed by atoms with Crippen LogP contribution in [0.25, 0.3) is 0 Å². The lowest BCUT2D eigenvalue weighted by molar-refractivity contribution is -0.127. The largest absolute Gasteiger partial charge is 0.392 e. The number of nitrogens with two attached hydrogens (primary N) is 1. The summed E-state index contributed by atoms with van der Waals surface area (Å²) >= 11 is 5.02. The van der Waals surface area contributed by atoms with Crippen molar-refractivity contribution in [1.82, 2.24) is 10.2 Å². The summed E-state index contributed by atoms with van der Waals surface area (Å²) in [7, 11) is 0. The van der Waals surface area contributed by atoms with Crippen molar-refractivity contribution in [3.05, 3.63) is 0 Å². The summed E-state index contributed by atoms with van der Waals surface area (Å²) in [6.45, 7) is 10.1. The number of hydrogen-bond donors (Lipinski definition) is 2. The zero-order valence-corrected chi connectivity index (χ0v) is 13.2. The molecule has 1 fully saturated rings. The van der Waals surface area contributed by atoms with Gasteiger partial charge in [0, 0.05) is 6.54 Å². The van der Waals surface area contributed by atoms with E-state index in [4.69, 9.17) is 18.0 Å². The maximum absolute atomic E-state index is 12.2. The first kappa shape index (κ1) is 16.4. The van der Waals surface area contributed by atoms with E-state index in [9.17, 15) is 4.79 Å². The summed E-state index contributed by atoms with van der Waals surface area (Å²) < 4.78 is 0. The van der Waals surface area contributed by atoms with Crippen LogP contribution < -0.4 is 11.1 Å². The van der Waals surface area contributed by atoms with Crippen molar-refractivity contribution in [2.75, 3.05) is 26.2 Å². The third kappa shape index (κ3) is 4.14. The molecule has 0 radical (unpaired) electrons. The highest BCUT2D eigenvalue weighted by molar-refractivity contribution is 7.80. The molecule has 1 atom stereocenters. The molecule has 110 valence electrons. The van der Waals surface area contributed by atoms with Gasteiger partial charge in [-0.05, 0) is 51.7 Å². The van der Waals surface area contributed by atoms with E-state index in [0.717, 1.165) is 39.0 Å². The number of carbonyl (C=O) groups is 1. The number of carbonyl (C=O) groups excluding carboxylic acids is 1. The molecule has 1 amide bonds. The smallest absolute Gasteiger partial charge is 0.232 e. The fraction of sp³-hybridized carbons (Fsp3) is 0.857. The maximum atomic E-state index is 12.2. The molecular formula is C14H27N3OS. The monoisotopic (exact) mass is 285 g/mol. The summed E-state index contributed by atoms with van der Waals surface area (Å²) in [5.74, 6) is 0.555. The van der Waals surface area contributed by atoms with Crippen molar-refractivity contribution in [2.45, 2.75) is 40.0 Å². The second kappa shape index (κ2) is 7.20. The Bertz CT molecular complexity index is 327. The van der Waals surface area contributed by atoms with Gasteiger partial charge in [-0.15, -0.1) is 0 Å². The molecule has 0 saturated carbocycles. The van der Waals surface area contributed by atoms with Crippen molar-refractivity contribution in [3.63, 3.8) is 0 Å². The lowest BCUT2D eigenvalue weighted by Gasteiger charge is -2.32. The van der Waals surface area contributed by atoms with E-state index in [1.807, 2.05) is 13.8 Å². The van der Waals surface area contributed by atoms with Gasteiger partial charge in [0.05, 0.1) is 10.4 Å². The Morgan fingerprint density at radius 1 is 1.42 bits per heavy atom. The van der Waals surface area contributed by atoms with Gasteiger partial charge in [0.1, 0.15) is 0 Å². The molecule has 19 heavy (non-hydrogen) atoms.